The smallest absolute Gasteiger partial charge is 0.444 e. The van der Waals surface area contributed by atoms with Crippen molar-refractivity contribution in [1.82, 2.24) is 20.9 Å². The molecular weight excluding hydrogens is 581 g/mol. The van der Waals surface area contributed by atoms with E-state index >= 15 is 0 Å². The van der Waals surface area contributed by atoms with E-state index in [1.54, 1.807) is 12.1 Å². The van der Waals surface area contributed by atoms with Gasteiger partial charge in [-0.05, 0) is 70.8 Å². The average Bonchev–Trinajstić information content (AvgIpc) is 3.50. The summed E-state index contributed by atoms with van der Waals surface area (Å²) in [4.78, 5) is 43.7. The Morgan fingerprint density at radius 2 is 1.74 bits per heavy atom. The average molecular weight is 630 g/mol. The number of carbonyl (C=O) groups is 2. The van der Waals surface area contributed by atoms with Gasteiger partial charge in [0.15, 0.2) is 0 Å². The summed E-state index contributed by atoms with van der Waals surface area (Å²) in [6.45, 7) is 7.35. The van der Waals surface area contributed by atoms with Gasteiger partial charge in [-0.1, -0.05) is 25.7 Å². The van der Waals surface area contributed by atoms with Gasteiger partial charge in [0.2, 0.25) is 0 Å². The number of nitrogens with zero attached hydrogens (tertiary/aromatic N) is 1. The van der Waals surface area contributed by atoms with Crippen molar-refractivity contribution in [2.75, 3.05) is 43.8 Å². The van der Waals surface area contributed by atoms with E-state index in [0.29, 0.717) is 36.0 Å². The van der Waals surface area contributed by atoms with Gasteiger partial charge < -0.3 is 35.4 Å². The van der Waals surface area contributed by atoms with Crippen LogP contribution in [0.25, 0.3) is 0 Å². The Morgan fingerprint density at radius 3 is 2.43 bits per heavy atom. The number of rotatable bonds is 20. The number of benzene rings is 1. The minimum absolute atomic E-state index is 0.0136. The van der Waals surface area contributed by atoms with Gasteiger partial charge in [0.05, 0.1) is 12.1 Å². The fourth-order valence-electron chi connectivity index (χ4n) is 5.23. The maximum atomic E-state index is 12.2. The number of carbonyl (C=O) groups excluding carboxylic acids is 2. The molecule has 1 aromatic rings. The first kappa shape index (κ1) is 34.3. The molecule has 3 atom stereocenters. The van der Waals surface area contributed by atoms with Gasteiger partial charge in [-0.25, -0.2) is 14.2 Å². The number of phosphoric acid groups is 1. The summed E-state index contributed by atoms with van der Waals surface area (Å²) in [6.07, 6.45) is 8.61. The summed E-state index contributed by atoms with van der Waals surface area (Å²) in [7, 11) is -4.76. The second kappa shape index (κ2) is 17.8. The molecule has 6 N–H and O–H groups in total. The zero-order valence-electron chi connectivity index (χ0n) is 24.8. The Bertz CT molecular complexity index is 1040. The van der Waals surface area contributed by atoms with Crippen LogP contribution < -0.4 is 25.8 Å². The fraction of sp³-hybridized carbons (Fsp3) is 0.714. The molecule has 3 amide bonds. The summed E-state index contributed by atoms with van der Waals surface area (Å²) in [5.74, 6) is 1.00. The number of anilines is 1. The molecule has 0 spiro atoms. The van der Waals surface area contributed by atoms with Crippen LogP contribution in [-0.2, 0) is 15.9 Å². The third-order valence-corrected chi connectivity index (χ3v) is 9.48. The first-order chi connectivity index (χ1) is 20.2. The van der Waals surface area contributed by atoms with Gasteiger partial charge in [-0.15, -0.1) is 0 Å². The van der Waals surface area contributed by atoms with E-state index in [0.717, 1.165) is 56.8 Å². The first-order valence-corrected chi connectivity index (χ1v) is 17.7. The van der Waals surface area contributed by atoms with Crippen molar-refractivity contribution in [2.24, 2.45) is 0 Å². The van der Waals surface area contributed by atoms with E-state index in [4.69, 9.17) is 9.26 Å². The highest BCUT2D eigenvalue weighted by Crippen LogP contribution is 2.40. The molecule has 0 bridgehead atoms. The standard InChI is InChI=1S/C28H48N5O7PS/c1-3-33(4-2)28(35)39-19-21-18-22(13-14-24(21)40-41(36,37)38)30-17-11-6-5-9-15-29-16-10-7-8-12-25-26-23(20-42-25)31-27(34)32-26/h13-14,18,23,25-26,29-30H,3-12,15-17,19-20H2,1-2H3,(H2,31,32,34)(H2,36,37,38). The predicted octanol–water partition coefficient (Wildman–Crippen LogP) is 4.42. The normalized spacial score (nSPS) is 19.6. The number of amides is 3. The Hall–Kier alpha value is -2.18. The van der Waals surface area contributed by atoms with E-state index in [-0.39, 0.29) is 18.4 Å². The number of hydrogen-bond acceptors (Lipinski definition) is 8. The number of unbranched alkanes of at least 4 members (excludes halogenated alkanes) is 5. The molecule has 2 aliphatic rings. The van der Waals surface area contributed by atoms with Crippen molar-refractivity contribution >= 4 is 37.4 Å². The summed E-state index contributed by atoms with van der Waals surface area (Å²) in [5, 5.41) is 13.5. The van der Waals surface area contributed by atoms with Crippen LogP contribution in [-0.4, -0.2) is 82.6 Å². The maximum Gasteiger partial charge on any atom is 0.524 e. The van der Waals surface area contributed by atoms with Crippen LogP contribution in [0.15, 0.2) is 18.2 Å². The van der Waals surface area contributed by atoms with Crippen LogP contribution in [0.2, 0.25) is 0 Å². The van der Waals surface area contributed by atoms with E-state index in [9.17, 15) is 23.9 Å². The lowest BCUT2D eigenvalue weighted by Crippen LogP contribution is -2.36. The summed E-state index contributed by atoms with van der Waals surface area (Å²) in [5.41, 5.74) is 1.14. The van der Waals surface area contributed by atoms with Crippen LogP contribution in [0.5, 0.6) is 5.75 Å². The van der Waals surface area contributed by atoms with Crippen molar-refractivity contribution in [3.05, 3.63) is 23.8 Å². The molecule has 0 aromatic heterocycles. The highest BCUT2D eigenvalue weighted by atomic mass is 32.2. The number of nitrogens with one attached hydrogen (secondary N) is 4. The van der Waals surface area contributed by atoms with E-state index in [1.807, 2.05) is 25.6 Å². The molecule has 1 aromatic carbocycles. The van der Waals surface area contributed by atoms with E-state index in [1.165, 1.54) is 36.6 Å². The van der Waals surface area contributed by atoms with Gasteiger partial charge in [-0.3, -0.25) is 9.79 Å². The minimum atomic E-state index is -4.76. The molecule has 12 nitrogen and oxygen atoms in total. The number of thioether (sulfide) groups is 1. The fourth-order valence-corrected chi connectivity index (χ4v) is 7.21. The zero-order chi connectivity index (χ0) is 30.4. The monoisotopic (exact) mass is 629 g/mol. The molecule has 2 aliphatic heterocycles. The number of fused-ring (bicyclic) bond motifs is 1. The lowest BCUT2D eigenvalue weighted by molar-refractivity contribution is 0.0994. The molecule has 2 fully saturated rings. The van der Waals surface area contributed by atoms with Crippen molar-refractivity contribution in [2.45, 2.75) is 89.2 Å². The lowest BCUT2D eigenvalue weighted by Gasteiger charge is -2.19. The molecule has 2 saturated heterocycles. The highest BCUT2D eigenvalue weighted by Gasteiger charge is 2.42. The predicted molar refractivity (Wildman–Crippen MR) is 166 cm³/mol. The zero-order valence-corrected chi connectivity index (χ0v) is 26.5. The summed E-state index contributed by atoms with van der Waals surface area (Å²) >= 11 is 1.98. The number of urea groups is 1. The maximum absolute atomic E-state index is 12.2. The summed E-state index contributed by atoms with van der Waals surface area (Å²) < 4.78 is 21.5. The Morgan fingerprint density at radius 1 is 1.05 bits per heavy atom. The van der Waals surface area contributed by atoms with Gasteiger partial charge >= 0.3 is 19.9 Å². The SMILES string of the molecule is CCN(CC)C(=O)OCc1cc(NCCCCCCNCCCCCC2SCC3NC(=O)NC32)ccc1OP(=O)(O)O. The second-order valence-corrected chi connectivity index (χ2v) is 13.1. The van der Waals surface area contributed by atoms with Crippen LogP contribution in [0.4, 0.5) is 15.3 Å². The molecule has 3 unspecified atom stereocenters. The van der Waals surface area contributed by atoms with Gasteiger partial charge in [0.25, 0.3) is 0 Å². The van der Waals surface area contributed by atoms with Crippen molar-refractivity contribution in [3.8, 4) is 5.75 Å². The molecular formula is C28H48N5O7PS. The molecule has 0 aliphatic carbocycles. The van der Waals surface area contributed by atoms with Crippen LogP contribution in [0.1, 0.15) is 70.8 Å². The molecule has 238 valence electrons. The Labute approximate surface area is 253 Å². The van der Waals surface area contributed by atoms with Crippen molar-refractivity contribution in [3.63, 3.8) is 0 Å². The Balaban J connectivity index is 1.24. The van der Waals surface area contributed by atoms with Crippen molar-refractivity contribution in [1.29, 1.82) is 0 Å². The van der Waals surface area contributed by atoms with Crippen LogP contribution in [0.3, 0.4) is 0 Å². The van der Waals surface area contributed by atoms with Crippen LogP contribution in [0, 0.1) is 0 Å². The van der Waals surface area contributed by atoms with Crippen LogP contribution >= 0.6 is 19.6 Å². The molecule has 0 radical (unpaired) electrons. The minimum Gasteiger partial charge on any atom is -0.444 e. The van der Waals surface area contributed by atoms with Gasteiger partial charge in [-0.2, -0.15) is 11.8 Å². The highest BCUT2D eigenvalue weighted by molar-refractivity contribution is 8.00. The van der Waals surface area contributed by atoms with E-state index in [2.05, 4.69) is 21.3 Å². The van der Waals surface area contributed by atoms with Gasteiger partial charge in [0, 0.05) is 41.9 Å². The lowest BCUT2D eigenvalue weighted by atomic mass is 10.0. The quantitative estimate of drug-likeness (QED) is 0.0692. The molecule has 14 heteroatoms. The molecule has 3 rings (SSSR count). The van der Waals surface area contributed by atoms with Gasteiger partial charge in [0.1, 0.15) is 12.4 Å². The van der Waals surface area contributed by atoms with E-state index < -0.39 is 13.9 Å². The second-order valence-electron chi connectivity index (χ2n) is 10.7. The third-order valence-electron chi connectivity index (χ3n) is 7.54. The largest absolute Gasteiger partial charge is 0.524 e. The molecule has 42 heavy (non-hydrogen) atoms. The number of phosphoric ester groups is 1. The van der Waals surface area contributed by atoms with Crippen molar-refractivity contribution < 1.29 is 33.2 Å². The number of ether oxygens (including phenoxy) is 1. The third kappa shape index (κ3) is 11.8. The molecule has 2 heterocycles. The topological polar surface area (TPSA) is 161 Å². The molecule has 0 saturated carbocycles. The first-order valence-electron chi connectivity index (χ1n) is 15.1. The number of hydrogen-bond donors (Lipinski definition) is 6. The Kier molecular flexibility index (Phi) is 14.6. The summed E-state index contributed by atoms with van der Waals surface area (Å²) in [6, 6.07) is 5.46.